The van der Waals surface area contributed by atoms with Gasteiger partial charge in [0, 0.05) is 25.7 Å². The van der Waals surface area contributed by atoms with Crippen LogP contribution in [0.3, 0.4) is 0 Å². The summed E-state index contributed by atoms with van der Waals surface area (Å²) in [7, 11) is -9.92. The Hall–Kier alpha value is -1.94. The summed E-state index contributed by atoms with van der Waals surface area (Å²) >= 11 is 0. The number of hydrogen-bond donors (Lipinski definition) is 3. The van der Waals surface area contributed by atoms with Crippen LogP contribution in [0, 0.1) is 11.8 Å². The summed E-state index contributed by atoms with van der Waals surface area (Å²) in [5.74, 6) is -0.590. The van der Waals surface area contributed by atoms with Gasteiger partial charge in [-0.15, -0.1) is 0 Å². The number of carbonyl (C=O) groups excluding carboxylic acids is 4. The lowest BCUT2D eigenvalue weighted by atomic mass is 10.0. The van der Waals surface area contributed by atoms with Gasteiger partial charge < -0.3 is 33.8 Å². The molecule has 0 bridgehead atoms. The number of phosphoric acid groups is 2. The minimum absolute atomic E-state index is 0.107. The van der Waals surface area contributed by atoms with Crippen LogP contribution in [-0.2, 0) is 65.4 Å². The number of aliphatic hydroxyl groups is 1. The highest BCUT2D eigenvalue weighted by molar-refractivity contribution is 7.47. The molecule has 0 fully saturated rings. The van der Waals surface area contributed by atoms with E-state index < -0.39 is 97.5 Å². The summed E-state index contributed by atoms with van der Waals surface area (Å²) in [6, 6.07) is 0. The fourth-order valence-electron chi connectivity index (χ4n) is 12.7. The second kappa shape index (κ2) is 73.6. The van der Waals surface area contributed by atoms with Gasteiger partial charge >= 0.3 is 39.5 Å². The molecule has 0 saturated carbocycles. The van der Waals surface area contributed by atoms with Gasteiger partial charge in [-0.3, -0.25) is 37.3 Å². The fourth-order valence-corrected chi connectivity index (χ4v) is 14.3. The van der Waals surface area contributed by atoms with Crippen LogP contribution < -0.4 is 0 Å². The predicted octanol–water partition coefficient (Wildman–Crippen LogP) is 24.7. The molecule has 0 aliphatic rings. The molecular formula is C82H160O17P2. The minimum atomic E-state index is -4.96. The number of phosphoric ester groups is 2. The van der Waals surface area contributed by atoms with Gasteiger partial charge in [0.25, 0.3) is 0 Å². The van der Waals surface area contributed by atoms with E-state index in [9.17, 15) is 43.2 Å². The van der Waals surface area contributed by atoms with E-state index in [-0.39, 0.29) is 25.7 Å². The smallest absolute Gasteiger partial charge is 0.462 e. The van der Waals surface area contributed by atoms with Crippen LogP contribution in [0.2, 0.25) is 0 Å². The van der Waals surface area contributed by atoms with Crippen molar-refractivity contribution in [3.8, 4) is 0 Å². The van der Waals surface area contributed by atoms with E-state index in [0.717, 1.165) is 102 Å². The Morgan fingerprint density at radius 2 is 0.455 bits per heavy atom. The van der Waals surface area contributed by atoms with Gasteiger partial charge in [0.05, 0.1) is 26.4 Å². The zero-order valence-corrected chi connectivity index (χ0v) is 68.0. The van der Waals surface area contributed by atoms with Gasteiger partial charge in [0.1, 0.15) is 19.3 Å². The third-order valence-corrected chi connectivity index (χ3v) is 21.1. The first-order chi connectivity index (χ1) is 48.9. The quantitative estimate of drug-likeness (QED) is 0.0222. The summed E-state index contributed by atoms with van der Waals surface area (Å²) in [5.41, 5.74) is 0. The number of unbranched alkanes of at least 4 members (excludes halogenated alkanes) is 51. The van der Waals surface area contributed by atoms with E-state index in [0.29, 0.717) is 31.6 Å². The molecule has 0 saturated heterocycles. The lowest BCUT2D eigenvalue weighted by molar-refractivity contribution is -0.161. The number of rotatable bonds is 81. The van der Waals surface area contributed by atoms with Crippen LogP contribution >= 0.6 is 15.6 Å². The Morgan fingerprint density at radius 3 is 0.673 bits per heavy atom. The number of ether oxygens (including phenoxy) is 4. The lowest BCUT2D eigenvalue weighted by Crippen LogP contribution is -2.30. The Kier molecular flexibility index (Phi) is 72.2. The highest BCUT2D eigenvalue weighted by Gasteiger charge is 2.30. The zero-order chi connectivity index (χ0) is 74.2. The molecule has 0 aromatic carbocycles. The monoisotopic (exact) mass is 1480 g/mol. The van der Waals surface area contributed by atoms with Crippen molar-refractivity contribution in [1.82, 2.24) is 0 Å². The molecule has 0 rings (SSSR count). The van der Waals surface area contributed by atoms with Crippen LogP contribution in [-0.4, -0.2) is 96.7 Å². The van der Waals surface area contributed by atoms with Crippen LogP contribution in [0.5, 0.6) is 0 Å². The molecule has 0 aromatic rings. The average Bonchev–Trinajstić information content (AvgIpc) is 0.956. The van der Waals surface area contributed by atoms with E-state index in [4.69, 9.17) is 37.0 Å². The second-order valence-corrected chi connectivity index (χ2v) is 33.4. The molecule has 0 aliphatic heterocycles. The number of esters is 4. The van der Waals surface area contributed by atoms with Gasteiger partial charge in [-0.1, -0.05) is 382 Å². The summed E-state index contributed by atoms with van der Waals surface area (Å²) < 4.78 is 68.7. The second-order valence-electron chi connectivity index (χ2n) is 30.5. The molecule has 0 heterocycles. The predicted molar refractivity (Wildman–Crippen MR) is 414 cm³/mol. The average molecular weight is 1480 g/mol. The molecule has 5 atom stereocenters. The topological polar surface area (TPSA) is 237 Å². The van der Waals surface area contributed by atoms with Gasteiger partial charge in [-0.05, 0) is 37.5 Å². The van der Waals surface area contributed by atoms with Crippen LogP contribution in [0.25, 0.3) is 0 Å². The van der Waals surface area contributed by atoms with Crippen molar-refractivity contribution in [2.75, 3.05) is 39.6 Å². The summed E-state index contributed by atoms with van der Waals surface area (Å²) in [5, 5.41) is 10.6. The molecule has 101 heavy (non-hydrogen) atoms. The highest BCUT2D eigenvalue weighted by atomic mass is 31.2. The van der Waals surface area contributed by atoms with Crippen molar-refractivity contribution in [1.29, 1.82) is 0 Å². The van der Waals surface area contributed by atoms with E-state index in [1.54, 1.807) is 0 Å². The largest absolute Gasteiger partial charge is 0.472 e. The third-order valence-electron chi connectivity index (χ3n) is 19.2. The molecule has 0 spiro atoms. The van der Waals surface area contributed by atoms with Crippen molar-refractivity contribution in [2.24, 2.45) is 11.8 Å². The third kappa shape index (κ3) is 76.1. The van der Waals surface area contributed by atoms with Crippen molar-refractivity contribution in [3.63, 3.8) is 0 Å². The Bertz CT molecular complexity index is 1940. The molecule has 0 radical (unpaired) electrons. The van der Waals surface area contributed by atoms with Crippen LogP contribution in [0.15, 0.2) is 0 Å². The molecule has 19 heteroatoms. The first kappa shape index (κ1) is 99.1. The van der Waals surface area contributed by atoms with Crippen LogP contribution in [0.4, 0.5) is 0 Å². The maximum Gasteiger partial charge on any atom is 0.472 e. The number of hydrogen-bond acceptors (Lipinski definition) is 15. The van der Waals surface area contributed by atoms with E-state index in [2.05, 4.69) is 41.5 Å². The van der Waals surface area contributed by atoms with Crippen molar-refractivity contribution >= 4 is 39.5 Å². The maximum atomic E-state index is 13.1. The Labute approximate surface area is 619 Å². The molecule has 17 nitrogen and oxygen atoms in total. The van der Waals surface area contributed by atoms with Crippen LogP contribution in [0.1, 0.15) is 433 Å². The summed E-state index contributed by atoms with van der Waals surface area (Å²) in [4.78, 5) is 73.0. The van der Waals surface area contributed by atoms with E-state index in [1.807, 2.05) is 0 Å². The SMILES string of the molecule is CCCCCCCCCCCCCCCCCCCCCCC(=O)O[C@H](COC(=O)CCCCCCCCCCCCCCCCCCC(C)C)COP(=O)(O)OC[C@@H](O)COP(=O)(O)OC[C@@H](COC(=O)CCCCCCCCCC(C)C)OC(=O)CCCCCCCCCCCCCC. The molecule has 0 amide bonds. The minimum Gasteiger partial charge on any atom is -0.462 e. The Balaban J connectivity index is 5.21. The molecule has 600 valence electrons. The molecule has 0 aliphatic carbocycles. The van der Waals surface area contributed by atoms with Gasteiger partial charge in [-0.25, -0.2) is 9.13 Å². The fraction of sp³-hybridized carbons (Fsp3) is 0.951. The normalized spacial score (nSPS) is 13.9. The molecular weight excluding hydrogens is 1320 g/mol. The first-order valence-electron chi connectivity index (χ1n) is 42.5. The lowest BCUT2D eigenvalue weighted by Gasteiger charge is -2.21. The summed E-state index contributed by atoms with van der Waals surface area (Å²) in [6.07, 6.45) is 64.0. The van der Waals surface area contributed by atoms with Gasteiger partial charge in [0.15, 0.2) is 12.2 Å². The molecule has 0 aromatic heterocycles. The number of aliphatic hydroxyl groups excluding tert-OH is 1. The highest BCUT2D eigenvalue weighted by Crippen LogP contribution is 2.45. The Morgan fingerprint density at radius 1 is 0.267 bits per heavy atom. The van der Waals surface area contributed by atoms with Crippen molar-refractivity contribution < 1.29 is 80.2 Å². The van der Waals surface area contributed by atoms with Gasteiger partial charge in [-0.2, -0.15) is 0 Å². The number of carbonyl (C=O) groups is 4. The van der Waals surface area contributed by atoms with Crippen molar-refractivity contribution in [2.45, 2.75) is 452 Å². The van der Waals surface area contributed by atoms with E-state index >= 15 is 0 Å². The van der Waals surface area contributed by atoms with Crippen molar-refractivity contribution in [3.05, 3.63) is 0 Å². The molecule has 3 N–H and O–H groups in total. The summed E-state index contributed by atoms with van der Waals surface area (Å²) in [6.45, 7) is 9.61. The van der Waals surface area contributed by atoms with E-state index in [1.165, 1.54) is 244 Å². The standard InChI is InChI=1S/C82H160O17P2/c1-7-9-11-13-15-17-19-21-22-23-24-25-26-31-34-38-42-48-55-61-67-82(87)98-77(70-92-79(84)64-58-52-46-40-37-33-30-28-27-29-32-35-39-44-50-56-62-74(3)4)72-96-100(88,89)94-68-76(83)69-95-101(90,91)97-73-78(71-93-80(85)65-59-53-49-43-45-51-57-63-75(5)6)99-81(86)66-60-54-47-41-36-20-18-16-14-12-10-8-2/h74-78,83H,7-73H2,1-6H3,(H,88,89)(H,90,91)/t76-,77-,78-/m1/s1. The van der Waals surface area contributed by atoms with Gasteiger partial charge in [0.2, 0.25) is 0 Å². The molecule has 2 unspecified atom stereocenters. The zero-order valence-electron chi connectivity index (χ0n) is 66.2. The first-order valence-corrected chi connectivity index (χ1v) is 45.5. The maximum absolute atomic E-state index is 13.1.